The fourth-order valence-corrected chi connectivity index (χ4v) is 3.53. The Morgan fingerprint density at radius 1 is 1.32 bits per heavy atom. The Kier molecular flexibility index (Phi) is 3.73. The molecule has 3 rings (SSSR count). The molecule has 0 atom stereocenters. The fourth-order valence-electron chi connectivity index (χ4n) is 1.92. The molecule has 1 N–H and O–H groups in total. The van der Waals surface area contributed by atoms with Crippen LogP contribution in [0.5, 0.6) is 0 Å². The molecule has 5 heteroatoms. The molecule has 2 heterocycles. The number of rotatable bonds is 3. The van der Waals surface area contributed by atoms with Crippen molar-refractivity contribution in [2.75, 3.05) is 5.32 Å². The molecule has 0 radical (unpaired) electrons. The first-order valence-electron chi connectivity index (χ1n) is 5.74. The SMILES string of the molecule is Clc1ccc(NCc2cc(Br)cs2)c2cccnc12. The number of anilines is 1. The van der Waals surface area contributed by atoms with Gasteiger partial charge in [0.1, 0.15) is 0 Å². The maximum atomic E-state index is 6.16. The van der Waals surface area contributed by atoms with Gasteiger partial charge in [-0.05, 0) is 46.3 Å². The third-order valence-electron chi connectivity index (χ3n) is 2.80. The van der Waals surface area contributed by atoms with Crippen molar-refractivity contribution in [2.24, 2.45) is 0 Å². The molecule has 1 aromatic carbocycles. The molecule has 0 aliphatic carbocycles. The van der Waals surface area contributed by atoms with Gasteiger partial charge in [0.05, 0.1) is 10.5 Å². The standard InChI is InChI=1S/C14H10BrClN2S/c15-9-6-10(19-8-9)7-18-13-4-3-12(16)14-11(13)2-1-5-17-14/h1-6,8,18H,7H2. The molecule has 2 aromatic heterocycles. The number of aromatic nitrogens is 1. The van der Waals surface area contributed by atoms with E-state index >= 15 is 0 Å². The summed E-state index contributed by atoms with van der Waals surface area (Å²) in [6.07, 6.45) is 1.76. The predicted octanol–water partition coefficient (Wildman–Crippen LogP) is 5.32. The molecule has 3 aromatic rings. The highest BCUT2D eigenvalue weighted by molar-refractivity contribution is 9.10. The van der Waals surface area contributed by atoms with E-state index in [4.69, 9.17) is 11.6 Å². The monoisotopic (exact) mass is 352 g/mol. The number of nitrogens with one attached hydrogen (secondary N) is 1. The van der Waals surface area contributed by atoms with Crippen LogP contribution in [0.4, 0.5) is 5.69 Å². The lowest BCUT2D eigenvalue weighted by Gasteiger charge is -2.09. The van der Waals surface area contributed by atoms with Crippen molar-refractivity contribution in [3.8, 4) is 0 Å². The third kappa shape index (κ3) is 2.76. The van der Waals surface area contributed by atoms with E-state index in [-0.39, 0.29) is 0 Å². The van der Waals surface area contributed by atoms with E-state index in [1.807, 2.05) is 24.3 Å². The van der Waals surface area contributed by atoms with Gasteiger partial charge in [-0.15, -0.1) is 11.3 Å². The minimum Gasteiger partial charge on any atom is -0.380 e. The molecule has 0 fully saturated rings. The number of hydrogen-bond donors (Lipinski definition) is 1. The molecule has 0 saturated carbocycles. The maximum absolute atomic E-state index is 6.16. The summed E-state index contributed by atoms with van der Waals surface area (Å²) < 4.78 is 1.12. The quantitative estimate of drug-likeness (QED) is 0.689. The zero-order valence-corrected chi connectivity index (χ0v) is 13.0. The van der Waals surface area contributed by atoms with Crippen LogP contribution >= 0.6 is 38.9 Å². The summed E-state index contributed by atoms with van der Waals surface area (Å²) in [7, 11) is 0. The number of nitrogens with zero attached hydrogens (tertiary/aromatic N) is 1. The normalized spacial score (nSPS) is 10.8. The van der Waals surface area contributed by atoms with E-state index in [9.17, 15) is 0 Å². The molecular weight excluding hydrogens is 344 g/mol. The van der Waals surface area contributed by atoms with Crippen molar-refractivity contribution in [3.63, 3.8) is 0 Å². The van der Waals surface area contributed by atoms with E-state index in [1.165, 1.54) is 4.88 Å². The van der Waals surface area contributed by atoms with Crippen LogP contribution in [-0.2, 0) is 6.54 Å². The first-order valence-corrected chi connectivity index (χ1v) is 7.79. The van der Waals surface area contributed by atoms with Gasteiger partial charge in [-0.3, -0.25) is 4.98 Å². The molecule has 96 valence electrons. The van der Waals surface area contributed by atoms with E-state index in [1.54, 1.807) is 17.5 Å². The van der Waals surface area contributed by atoms with Crippen LogP contribution in [0, 0.1) is 0 Å². The topological polar surface area (TPSA) is 24.9 Å². The highest BCUT2D eigenvalue weighted by Gasteiger charge is 2.05. The van der Waals surface area contributed by atoms with Gasteiger partial charge in [0.2, 0.25) is 0 Å². The zero-order chi connectivity index (χ0) is 13.2. The molecule has 0 spiro atoms. The van der Waals surface area contributed by atoms with Gasteiger partial charge in [0, 0.05) is 38.5 Å². The van der Waals surface area contributed by atoms with Crippen LogP contribution in [0.1, 0.15) is 4.88 Å². The summed E-state index contributed by atoms with van der Waals surface area (Å²) in [5.74, 6) is 0. The molecule has 0 bridgehead atoms. The van der Waals surface area contributed by atoms with Crippen LogP contribution in [-0.4, -0.2) is 4.98 Å². The van der Waals surface area contributed by atoms with Gasteiger partial charge in [0.25, 0.3) is 0 Å². The number of halogens is 2. The van der Waals surface area contributed by atoms with Gasteiger partial charge in [-0.25, -0.2) is 0 Å². The average Bonchev–Trinajstić information content (AvgIpc) is 2.84. The average molecular weight is 354 g/mol. The third-order valence-corrected chi connectivity index (χ3v) is 4.80. The maximum Gasteiger partial charge on any atom is 0.0908 e. The lowest BCUT2D eigenvalue weighted by Crippen LogP contribution is -1.98. The van der Waals surface area contributed by atoms with Gasteiger partial charge in [-0.2, -0.15) is 0 Å². The Labute approximate surface area is 128 Å². The Bertz CT molecular complexity index is 726. The highest BCUT2D eigenvalue weighted by atomic mass is 79.9. The fraction of sp³-hybridized carbons (Fsp3) is 0.0714. The number of thiophene rings is 1. The van der Waals surface area contributed by atoms with Crippen LogP contribution in [0.3, 0.4) is 0 Å². The molecule has 0 unspecified atom stereocenters. The first kappa shape index (κ1) is 12.9. The Balaban J connectivity index is 1.91. The van der Waals surface area contributed by atoms with Crippen molar-refractivity contribution in [1.29, 1.82) is 0 Å². The number of fused-ring (bicyclic) bond motifs is 1. The first-order chi connectivity index (χ1) is 9.24. The zero-order valence-electron chi connectivity index (χ0n) is 9.86. The lowest BCUT2D eigenvalue weighted by molar-refractivity contribution is 1.20. The Morgan fingerprint density at radius 2 is 2.21 bits per heavy atom. The van der Waals surface area contributed by atoms with Crippen molar-refractivity contribution >= 4 is 55.5 Å². The second-order valence-electron chi connectivity index (χ2n) is 4.08. The summed E-state index contributed by atoms with van der Waals surface area (Å²) in [5, 5.41) is 7.24. The van der Waals surface area contributed by atoms with E-state index in [0.717, 1.165) is 27.6 Å². The van der Waals surface area contributed by atoms with Gasteiger partial charge in [-0.1, -0.05) is 11.6 Å². The smallest absolute Gasteiger partial charge is 0.0908 e. The minimum atomic E-state index is 0.681. The van der Waals surface area contributed by atoms with Crippen LogP contribution in [0.25, 0.3) is 10.9 Å². The van der Waals surface area contributed by atoms with Gasteiger partial charge >= 0.3 is 0 Å². The lowest BCUT2D eigenvalue weighted by atomic mass is 10.2. The summed E-state index contributed by atoms with van der Waals surface area (Å²) in [6, 6.07) is 9.94. The van der Waals surface area contributed by atoms with Crippen LogP contribution in [0.2, 0.25) is 5.02 Å². The van der Waals surface area contributed by atoms with E-state index in [2.05, 4.69) is 37.7 Å². The predicted molar refractivity (Wildman–Crippen MR) is 86.1 cm³/mol. The second kappa shape index (κ2) is 5.49. The summed E-state index contributed by atoms with van der Waals surface area (Å²) in [4.78, 5) is 5.60. The summed E-state index contributed by atoms with van der Waals surface area (Å²) in [6.45, 7) is 0.794. The number of hydrogen-bond acceptors (Lipinski definition) is 3. The van der Waals surface area contributed by atoms with Crippen molar-refractivity contribution in [3.05, 3.63) is 56.3 Å². The highest BCUT2D eigenvalue weighted by Crippen LogP contribution is 2.29. The number of benzene rings is 1. The molecule has 0 saturated heterocycles. The molecule has 0 aliphatic heterocycles. The molecule has 0 amide bonds. The molecular formula is C14H10BrClN2S. The molecule has 19 heavy (non-hydrogen) atoms. The summed E-state index contributed by atoms with van der Waals surface area (Å²) >= 11 is 11.3. The Hall–Kier alpha value is -1.10. The van der Waals surface area contributed by atoms with Crippen molar-refractivity contribution in [2.45, 2.75) is 6.54 Å². The minimum absolute atomic E-state index is 0.681. The second-order valence-corrected chi connectivity index (χ2v) is 6.40. The summed E-state index contributed by atoms with van der Waals surface area (Å²) in [5.41, 5.74) is 1.89. The van der Waals surface area contributed by atoms with Gasteiger partial charge in [0.15, 0.2) is 0 Å². The van der Waals surface area contributed by atoms with Crippen molar-refractivity contribution < 1.29 is 0 Å². The molecule has 0 aliphatic rings. The number of pyridine rings is 1. The van der Waals surface area contributed by atoms with Crippen LogP contribution < -0.4 is 5.32 Å². The van der Waals surface area contributed by atoms with Crippen molar-refractivity contribution in [1.82, 2.24) is 4.98 Å². The van der Waals surface area contributed by atoms with Crippen LogP contribution in [0.15, 0.2) is 46.4 Å². The van der Waals surface area contributed by atoms with Gasteiger partial charge < -0.3 is 5.32 Å². The van der Waals surface area contributed by atoms with E-state index < -0.39 is 0 Å². The largest absolute Gasteiger partial charge is 0.380 e. The molecule has 2 nitrogen and oxygen atoms in total. The van der Waals surface area contributed by atoms with E-state index in [0.29, 0.717) is 5.02 Å². The Morgan fingerprint density at radius 3 is 3.00 bits per heavy atom.